The van der Waals surface area contributed by atoms with E-state index in [0.29, 0.717) is 32.4 Å². The van der Waals surface area contributed by atoms with Crippen LogP contribution in [0.2, 0.25) is 0 Å². The van der Waals surface area contributed by atoms with E-state index in [0.717, 1.165) is 28.2 Å². The summed E-state index contributed by atoms with van der Waals surface area (Å²) in [6.45, 7) is 0.848. The smallest absolute Gasteiger partial charge is 0.241 e. The van der Waals surface area contributed by atoms with Gasteiger partial charge in [-0.05, 0) is 55.2 Å². The Morgan fingerprint density at radius 2 is 1.70 bits per heavy atom. The third-order valence-electron chi connectivity index (χ3n) is 5.84. The van der Waals surface area contributed by atoms with Gasteiger partial charge in [0.25, 0.3) is 0 Å². The highest BCUT2D eigenvalue weighted by atomic mass is 79.9. The molecule has 0 bridgehead atoms. The van der Waals surface area contributed by atoms with Gasteiger partial charge in [0.2, 0.25) is 5.91 Å². The summed E-state index contributed by atoms with van der Waals surface area (Å²) in [5.74, 6) is -2.15. The van der Waals surface area contributed by atoms with Gasteiger partial charge < -0.3 is 4.90 Å². The lowest BCUT2D eigenvalue weighted by Gasteiger charge is -2.33. The summed E-state index contributed by atoms with van der Waals surface area (Å²) < 4.78 is 28.3. The van der Waals surface area contributed by atoms with Gasteiger partial charge in [-0.15, -0.1) is 0 Å². The van der Waals surface area contributed by atoms with Crippen molar-refractivity contribution in [1.82, 2.24) is 15.8 Å². The number of hydrogen-bond donors (Lipinski definition) is 2. The monoisotopic (exact) mass is 477 g/mol. The lowest BCUT2D eigenvalue weighted by atomic mass is 9.88. The predicted molar refractivity (Wildman–Crippen MR) is 112 cm³/mol. The first-order valence-electron chi connectivity index (χ1n) is 9.97. The molecule has 2 aliphatic heterocycles. The summed E-state index contributed by atoms with van der Waals surface area (Å²) in [6, 6.07) is 10.6. The van der Waals surface area contributed by atoms with E-state index in [9.17, 15) is 18.4 Å². The minimum absolute atomic E-state index is 0.00931. The van der Waals surface area contributed by atoms with E-state index in [2.05, 4.69) is 26.8 Å². The molecule has 2 saturated heterocycles. The molecule has 2 unspecified atom stereocenters. The SMILES string of the molecule is O=C(c1cc(F)ccc1F)C1CCN(C(=O)C2CC(c3ccc(Br)cc3)NN2)CC1. The number of amides is 1. The fourth-order valence-corrected chi connectivity index (χ4v) is 4.38. The molecule has 158 valence electrons. The third kappa shape index (κ3) is 4.45. The van der Waals surface area contributed by atoms with E-state index in [-0.39, 0.29) is 23.6 Å². The van der Waals surface area contributed by atoms with E-state index in [1.54, 1.807) is 4.90 Å². The summed E-state index contributed by atoms with van der Waals surface area (Å²) >= 11 is 3.42. The summed E-state index contributed by atoms with van der Waals surface area (Å²) in [4.78, 5) is 27.2. The van der Waals surface area contributed by atoms with Crippen LogP contribution in [0.1, 0.15) is 41.2 Å². The van der Waals surface area contributed by atoms with Gasteiger partial charge in [-0.25, -0.2) is 19.6 Å². The normalized spacial score (nSPS) is 22.3. The molecule has 8 heteroatoms. The van der Waals surface area contributed by atoms with E-state index in [1.165, 1.54) is 0 Å². The maximum atomic E-state index is 13.9. The number of piperidine rings is 1. The van der Waals surface area contributed by atoms with Crippen LogP contribution in [0, 0.1) is 17.6 Å². The molecule has 0 aromatic heterocycles. The lowest BCUT2D eigenvalue weighted by Crippen LogP contribution is -2.49. The minimum atomic E-state index is -0.708. The van der Waals surface area contributed by atoms with Gasteiger partial charge in [-0.3, -0.25) is 9.59 Å². The Hall–Kier alpha value is -2.16. The Morgan fingerprint density at radius 3 is 2.40 bits per heavy atom. The molecule has 2 fully saturated rings. The molecule has 2 atom stereocenters. The van der Waals surface area contributed by atoms with Gasteiger partial charge in [0.15, 0.2) is 5.78 Å². The van der Waals surface area contributed by atoms with Crippen molar-refractivity contribution in [3.05, 3.63) is 69.7 Å². The first-order chi connectivity index (χ1) is 14.4. The first-order valence-corrected chi connectivity index (χ1v) is 10.8. The number of carbonyl (C=O) groups excluding carboxylic acids is 2. The van der Waals surface area contributed by atoms with Gasteiger partial charge in [0.05, 0.1) is 5.56 Å². The highest BCUT2D eigenvalue weighted by molar-refractivity contribution is 9.10. The van der Waals surface area contributed by atoms with E-state index in [1.807, 2.05) is 24.3 Å². The Morgan fingerprint density at radius 1 is 1.00 bits per heavy atom. The topological polar surface area (TPSA) is 61.4 Å². The molecule has 0 spiro atoms. The zero-order chi connectivity index (χ0) is 21.3. The molecule has 0 radical (unpaired) electrons. The molecular formula is C22H22BrF2N3O2. The molecule has 4 rings (SSSR count). The highest BCUT2D eigenvalue weighted by Crippen LogP contribution is 2.27. The fraction of sp³-hybridized carbons (Fsp3) is 0.364. The number of hydrazine groups is 1. The molecule has 30 heavy (non-hydrogen) atoms. The maximum Gasteiger partial charge on any atom is 0.241 e. The number of nitrogens with one attached hydrogen (secondary N) is 2. The van der Waals surface area contributed by atoms with E-state index >= 15 is 0 Å². The molecule has 2 N–H and O–H groups in total. The molecule has 2 heterocycles. The first kappa shape index (κ1) is 21.1. The summed E-state index contributed by atoms with van der Waals surface area (Å²) in [6.07, 6.45) is 1.52. The average Bonchev–Trinajstić information content (AvgIpc) is 3.25. The Labute approximate surface area is 181 Å². The standard InChI is InChI=1S/C22H22BrF2N3O2/c23-15-3-1-13(2-4-15)19-12-20(27-26-19)22(30)28-9-7-14(8-10-28)21(29)17-11-16(24)5-6-18(17)25/h1-6,11,14,19-20,26-27H,7-10,12H2. The van der Waals surface area contributed by atoms with Gasteiger partial charge in [0, 0.05) is 29.5 Å². The van der Waals surface area contributed by atoms with Crippen LogP contribution in [0.3, 0.4) is 0 Å². The van der Waals surface area contributed by atoms with Crippen molar-refractivity contribution in [2.24, 2.45) is 5.92 Å². The largest absolute Gasteiger partial charge is 0.341 e. The van der Waals surface area contributed by atoms with Gasteiger partial charge in [0.1, 0.15) is 17.7 Å². The Kier molecular flexibility index (Phi) is 6.26. The molecule has 2 aromatic rings. The number of nitrogens with zero attached hydrogens (tertiary/aromatic N) is 1. The van der Waals surface area contributed by atoms with Crippen molar-refractivity contribution < 1.29 is 18.4 Å². The second-order valence-electron chi connectivity index (χ2n) is 7.77. The van der Waals surface area contributed by atoms with Crippen LogP contribution in [-0.2, 0) is 4.79 Å². The van der Waals surface area contributed by atoms with Crippen LogP contribution in [0.25, 0.3) is 0 Å². The molecule has 2 aromatic carbocycles. The van der Waals surface area contributed by atoms with Gasteiger partial charge >= 0.3 is 0 Å². The Bertz CT molecular complexity index is 946. The van der Waals surface area contributed by atoms with E-state index < -0.39 is 23.3 Å². The molecule has 5 nitrogen and oxygen atoms in total. The highest BCUT2D eigenvalue weighted by Gasteiger charge is 2.35. The second kappa shape index (κ2) is 8.91. The van der Waals surface area contributed by atoms with Crippen molar-refractivity contribution in [2.75, 3.05) is 13.1 Å². The van der Waals surface area contributed by atoms with Crippen molar-refractivity contribution >= 4 is 27.6 Å². The number of rotatable bonds is 4. The Balaban J connectivity index is 1.33. The van der Waals surface area contributed by atoms with Gasteiger partial charge in [-0.2, -0.15) is 0 Å². The van der Waals surface area contributed by atoms with Crippen LogP contribution < -0.4 is 10.9 Å². The maximum absolute atomic E-state index is 13.9. The average molecular weight is 478 g/mol. The van der Waals surface area contributed by atoms with Crippen LogP contribution in [0.15, 0.2) is 46.9 Å². The van der Waals surface area contributed by atoms with Crippen molar-refractivity contribution in [1.29, 1.82) is 0 Å². The molecule has 1 amide bonds. The number of ketones is 1. The quantitative estimate of drug-likeness (QED) is 0.658. The van der Waals surface area contributed by atoms with Gasteiger partial charge in [-0.1, -0.05) is 28.1 Å². The summed E-state index contributed by atoms with van der Waals surface area (Å²) in [5, 5.41) is 0. The van der Waals surface area contributed by atoms with Crippen LogP contribution in [0.4, 0.5) is 8.78 Å². The molecular weight excluding hydrogens is 456 g/mol. The number of likely N-dealkylation sites (tertiary alicyclic amines) is 1. The third-order valence-corrected chi connectivity index (χ3v) is 6.37. The number of halogens is 3. The predicted octanol–water partition coefficient (Wildman–Crippen LogP) is 3.76. The number of Topliss-reactive ketones (excluding diaryl/α,β-unsaturated/α-hetero) is 1. The molecule has 0 aliphatic carbocycles. The fourth-order valence-electron chi connectivity index (χ4n) is 4.12. The van der Waals surface area contributed by atoms with Crippen LogP contribution >= 0.6 is 15.9 Å². The zero-order valence-corrected chi connectivity index (χ0v) is 17.8. The zero-order valence-electron chi connectivity index (χ0n) is 16.2. The molecule has 0 saturated carbocycles. The van der Waals surface area contributed by atoms with Crippen molar-refractivity contribution in [2.45, 2.75) is 31.3 Å². The minimum Gasteiger partial charge on any atom is -0.341 e. The van der Waals surface area contributed by atoms with Crippen molar-refractivity contribution in [3.63, 3.8) is 0 Å². The summed E-state index contributed by atoms with van der Waals surface area (Å²) in [5.41, 5.74) is 7.15. The van der Waals surface area contributed by atoms with Crippen LogP contribution in [0.5, 0.6) is 0 Å². The number of hydrogen-bond acceptors (Lipinski definition) is 4. The van der Waals surface area contributed by atoms with E-state index in [4.69, 9.17) is 0 Å². The molecule has 2 aliphatic rings. The lowest BCUT2D eigenvalue weighted by molar-refractivity contribution is -0.134. The second-order valence-corrected chi connectivity index (χ2v) is 8.68. The van der Waals surface area contributed by atoms with Crippen molar-refractivity contribution in [3.8, 4) is 0 Å². The van der Waals surface area contributed by atoms with Crippen LogP contribution in [-0.4, -0.2) is 35.7 Å². The number of carbonyl (C=O) groups is 2. The summed E-state index contributed by atoms with van der Waals surface area (Å²) in [7, 11) is 0. The number of benzene rings is 2.